The Morgan fingerprint density at radius 2 is 1.18 bits per heavy atom. The number of hydrogen-bond donors (Lipinski definition) is 0. The molecular formula is C36H25FN2. The van der Waals surface area contributed by atoms with Crippen molar-refractivity contribution < 1.29 is 4.39 Å². The van der Waals surface area contributed by atoms with Gasteiger partial charge in [-0.25, -0.2) is 9.37 Å². The minimum Gasteiger partial charge on any atom is -0.294 e. The number of fused-ring (bicyclic) bond motifs is 3. The third-order valence-corrected chi connectivity index (χ3v) is 7.33. The van der Waals surface area contributed by atoms with Gasteiger partial charge in [-0.2, -0.15) is 0 Å². The maximum atomic E-state index is 13.3. The Morgan fingerprint density at radius 1 is 0.538 bits per heavy atom. The van der Waals surface area contributed by atoms with E-state index in [0.717, 1.165) is 45.3 Å². The average molecular weight is 505 g/mol. The molecule has 3 heteroatoms. The van der Waals surface area contributed by atoms with Crippen molar-refractivity contribution in [1.82, 2.24) is 9.55 Å². The molecule has 0 unspecified atom stereocenters. The molecule has 0 fully saturated rings. The Labute approximate surface area is 226 Å². The summed E-state index contributed by atoms with van der Waals surface area (Å²) in [4.78, 5) is 4.73. The SMILES string of the molecule is Fc1ccc(-c2ccc(-c3cccc(Cc4cccc(-n5c6ccccc6c6cccnc65)c4)c3)cc2)cc1. The predicted molar refractivity (Wildman–Crippen MR) is 159 cm³/mol. The number of halogens is 1. The van der Waals surface area contributed by atoms with Crippen molar-refractivity contribution in [1.29, 1.82) is 0 Å². The lowest BCUT2D eigenvalue weighted by atomic mass is 9.97. The summed E-state index contributed by atoms with van der Waals surface area (Å²) in [5.74, 6) is -0.218. The molecule has 5 aromatic carbocycles. The van der Waals surface area contributed by atoms with Crippen molar-refractivity contribution in [3.05, 3.63) is 157 Å². The molecule has 0 atom stereocenters. The van der Waals surface area contributed by atoms with E-state index >= 15 is 0 Å². The summed E-state index contributed by atoms with van der Waals surface area (Å²) in [6.07, 6.45) is 2.69. The molecular weight excluding hydrogens is 479 g/mol. The molecule has 2 aromatic heterocycles. The third-order valence-electron chi connectivity index (χ3n) is 7.33. The molecule has 0 N–H and O–H groups in total. The van der Waals surface area contributed by atoms with E-state index < -0.39 is 0 Å². The maximum Gasteiger partial charge on any atom is 0.145 e. The smallest absolute Gasteiger partial charge is 0.145 e. The summed E-state index contributed by atoms with van der Waals surface area (Å²) in [6, 6.07) is 45.2. The van der Waals surface area contributed by atoms with Crippen molar-refractivity contribution in [3.8, 4) is 27.9 Å². The lowest BCUT2D eigenvalue weighted by molar-refractivity contribution is 0.628. The number of nitrogens with zero attached hydrogens (tertiary/aromatic N) is 2. The summed E-state index contributed by atoms with van der Waals surface area (Å²) in [5.41, 5.74) is 10.2. The van der Waals surface area contributed by atoms with Crippen LogP contribution in [0.25, 0.3) is 49.9 Å². The lowest BCUT2D eigenvalue weighted by Crippen LogP contribution is -1.97. The first-order valence-corrected chi connectivity index (χ1v) is 13.1. The molecule has 186 valence electrons. The molecule has 0 amide bonds. The number of aromatic nitrogens is 2. The molecule has 0 aliphatic rings. The van der Waals surface area contributed by atoms with Gasteiger partial charge < -0.3 is 0 Å². The molecule has 7 rings (SSSR count). The van der Waals surface area contributed by atoms with Gasteiger partial charge in [0.1, 0.15) is 11.5 Å². The van der Waals surface area contributed by atoms with Gasteiger partial charge in [-0.15, -0.1) is 0 Å². The van der Waals surface area contributed by atoms with Crippen molar-refractivity contribution >= 4 is 21.9 Å². The van der Waals surface area contributed by atoms with E-state index in [9.17, 15) is 4.39 Å². The average Bonchev–Trinajstić information content (AvgIpc) is 3.33. The van der Waals surface area contributed by atoms with Gasteiger partial charge in [-0.05, 0) is 82.3 Å². The quantitative estimate of drug-likeness (QED) is 0.228. The van der Waals surface area contributed by atoms with E-state index in [0.29, 0.717) is 0 Å². The first kappa shape index (κ1) is 23.1. The van der Waals surface area contributed by atoms with Crippen LogP contribution in [0.15, 0.2) is 140 Å². The molecule has 0 saturated carbocycles. The molecule has 0 bridgehead atoms. The van der Waals surface area contributed by atoms with Crippen LogP contribution in [-0.4, -0.2) is 9.55 Å². The first-order valence-electron chi connectivity index (χ1n) is 13.1. The maximum absolute atomic E-state index is 13.3. The van der Waals surface area contributed by atoms with Gasteiger partial charge >= 0.3 is 0 Å². The zero-order valence-electron chi connectivity index (χ0n) is 21.3. The van der Waals surface area contributed by atoms with E-state index in [1.807, 2.05) is 24.4 Å². The Hall–Kier alpha value is -5.02. The monoisotopic (exact) mass is 504 g/mol. The van der Waals surface area contributed by atoms with Crippen LogP contribution in [-0.2, 0) is 6.42 Å². The van der Waals surface area contributed by atoms with Gasteiger partial charge in [0.15, 0.2) is 0 Å². The van der Waals surface area contributed by atoms with E-state index in [1.165, 1.54) is 34.2 Å². The van der Waals surface area contributed by atoms with Gasteiger partial charge in [0.25, 0.3) is 0 Å². The van der Waals surface area contributed by atoms with Gasteiger partial charge in [0.2, 0.25) is 0 Å². The fourth-order valence-corrected chi connectivity index (χ4v) is 5.46. The number of hydrogen-bond acceptors (Lipinski definition) is 1. The zero-order chi connectivity index (χ0) is 26.2. The Kier molecular flexibility index (Phi) is 5.75. The van der Waals surface area contributed by atoms with Crippen LogP contribution in [0.1, 0.15) is 11.1 Å². The highest BCUT2D eigenvalue weighted by molar-refractivity contribution is 6.07. The molecule has 0 spiro atoms. The largest absolute Gasteiger partial charge is 0.294 e. The summed E-state index contributed by atoms with van der Waals surface area (Å²) >= 11 is 0. The molecule has 0 radical (unpaired) electrons. The second-order valence-corrected chi connectivity index (χ2v) is 9.86. The highest BCUT2D eigenvalue weighted by Gasteiger charge is 2.13. The summed E-state index contributed by atoms with van der Waals surface area (Å²) < 4.78 is 15.6. The van der Waals surface area contributed by atoms with Crippen molar-refractivity contribution in [2.24, 2.45) is 0 Å². The van der Waals surface area contributed by atoms with Gasteiger partial charge in [0, 0.05) is 22.7 Å². The normalized spacial score (nSPS) is 11.3. The van der Waals surface area contributed by atoms with Crippen LogP contribution in [0.3, 0.4) is 0 Å². The minimum atomic E-state index is -0.218. The zero-order valence-corrected chi connectivity index (χ0v) is 21.3. The second-order valence-electron chi connectivity index (χ2n) is 9.86. The van der Waals surface area contributed by atoms with E-state index in [4.69, 9.17) is 4.98 Å². The fraction of sp³-hybridized carbons (Fsp3) is 0.0278. The van der Waals surface area contributed by atoms with Crippen molar-refractivity contribution in [2.45, 2.75) is 6.42 Å². The minimum absolute atomic E-state index is 0.218. The number of para-hydroxylation sites is 1. The van der Waals surface area contributed by atoms with Crippen LogP contribution < -0.4 is 0 Å². The first-order chi connectivity index (χ1) is 19.2. The lowest BCUT2D eigenvalue weighted by Gasteiger charge is -2.11. The fourth-order valence-electron chi connectivity index (χ4n) is 5.46. The van der Waals surface area contributed by atoms with Crippen molar-refractivity contribution in [2.75, 3.05) is 0 Å². The third kappa shape index (κ3) is 4.38. The van der Waals surface area contributed by atoms with E-state index in [1.54, 1.807) is 0 Å². The summed E-state index contributed by atoms with van der Waals surface area (Å²) in [5, 5.41) is 2.38. The highest BCUT2D eigenvalue weighted by Crippen LogP contribution is 2.31. The highest BCUT2D eigenvalue weighted by atomic mass is 19.1. The molecule has 2 heterocycles. The Balaban J connectivity index is 1.19. The van der Waals surface area contributed by atoms with Gasteiger partial charge in [-0.3, -0.25) is 4.57 Å². The number of benzene rings is 5. The van der Waals surface area contributed by atoms with Gasteiger partial charge in [0.05, 0.1) is 5.52 Å². The molecule has 2 nitrogen and oxygen atoms in total. The Morgan fingerprint density at radius 3 is 1.97 bits per heavy atom. The topological polar surface area (TPSA) is 17.8 Å². The van der Waals surface area contributed by atoms with Crippen LogP contribution in [0.2, 0.25) is 0 Å². The van der Waals surface area contributed by atoms with Crippen LogP contribution >= 0.6 is 0 Å². The van der Waals surface area contributed by atoms with E-state index in [-0.39, 0.29) is 5.82 Å². The van der Waals surface area contributed by atoms with Gasteiger partial charge in [-0.1, -0.05) is 91.0 Å². The van der Waals surface area contributed by atoms with Crippen molar-refractivity contribution in [3.63, 3.8) is 0 Å². The molecule has 0 aliphatic carbocycles. The summed E-state index contributed by atoms with van der Waals surface area (Å²) in [7, 11) is 0. The standard InChI is InChI=1S/C36H25FN2/c37-31-19-17-28(18-20-31)27-13-15-29(16-14-27)30-8-3-6-25(23-30)22-26-7-4-9-32(24-26)39-35-12-2-1-10-33(35)34-11-5-21-38-36(34)39/h1-21,23-24H,22H2. The second kappa shape index (κ2) is 9.70. The van der Waals surface area contributed by atoms with Crippen LogP contribution in [0.4, 0.5) is 4.39 Å². The van der Waals surface area contributed by atoms with Crippen LogP contribution in [0, 0.1) is 5.82 Å². The number of pyridine rings is 1. The van der Waals surface area contributed by atoms with Crippen LogP contribution in [0.5, 0.6) is 0 Å². The number of rotatable bonds is 5. The molecule has 0 aliphatic heterocycles. The molecule has 39 heavy (non-hydrogen) atoms. The molecule has 7 aromatic rings. The molecule has 0 saturated heterocycles. The summed E-state index contributed by atoms with van der Waals surface area (Å²) in [6.45, 7) is 0. The predicted octanol–water partition coefficient (Wildman–Crippen LogP) is 9.24. The Bertz CT molecular complexity index is 1880. The van der Waals surface area contributed by atoms with E-state index in [2.05, 4.69) is 108 Å².